The number of hydrogen-bond acceptors (Lipinski definition) is 5. The third kappa shape index (κ3) is 4.18. The van der Waals surface area contributed by atoms with Crippen LogP contribution >= 0.6 is 11.6 Å². The van der Waals surface area contributed by atoms with Gasteiger partial charge in [0.2, 0.25) is 5.95 Å². The van der Waals surface area contributed by atoms with Crippen LogP contribution in [0.2, 0.25) is 5.02 Å². The highest BCUT2D eigenvalue weighted by atomic mass is 35.5. The first-order valence-corrected chi connectivity index (χ1v) is 10.2. The van der Waals surface area contributed by atoms with E-state index in [0.29, 0.717) is 18.2 Å². The first-order valence-electron chi connectivity index (χ1n) is 9.84. The molecule has 1 fully saturated rings. The minimum absolute atomic E-state index is 0.0430. The first-order chi connectivity index (χ1) is 14.0. The van der Waals surface area contributed by atoms with E-state index in [9.17, 15) is 4.79 Å². The number of piperazine rings is 1. The van der Waals surface area contributed by atoms with Gasteiger partial charge in [-0.25, -0.2) is 4.98 Å². The summed E-state index contributed by atoms with van der Waals surface area (Å²) in [5.74, 6) is 0.708. The highest BCUT2D eigenvalue weighted by Crippen LogP contribution is 2.25. The van der Waals surface area contributed by atoms with Gasteiger partial charge < -0.3 is 10.2 Å². The lowest BCUT2D eigenvalue weighted by molar-refractivity contribution is 0.388. The van der Waals surface area contributed by atoms with Gasteiger partial charge in [-0.3, -0.25) is 14.3 Å². The van der Waals surface area contributed by atoms with E-state index >= 15 is 0 Å². The molecule has 1 aliphatic rings. The topological polar surface area (TPSA) is 63.1 Å². The number of anilines is 1. The molecule has 6 nitrogen and oxygen atoms in total. The Kier molecular flexibility index (Phi) is 5.65. The summed E-state index contributed by atoms with van der Waals surface area (Å²) in [6, 6.07) is 13.6. The maximum atomic E-state index is 12.8. The monoisotopic (exact) mass is 409 g/mol. The van der Waals surface area contributed by atoms with Crippen molar-refractivity contribution >= 4 is 17.5 Å². The predicted molar refractivity (Wildman–Crippen MR) is 116 cm³/mol. The van der Waals surface area contributed by atoms with Crippen LogP contribution in [0.15, 0.2) is 59.7 Å². The molecule has 2 atom stereocenters. The van der Waals surface area contributed by atoms with Gasteiger partial charge in [0.25, 0.3) is 5.56 Å². The number of halogens is 1. The summed E-state index contributed by atoms with van der Waals surface area (Å²) in [7, 11) is 0. The van der Waals surface area contributed by atoms with Crippen molar-refractivity contribution < 1.29 is 0 Å². The molecular weight excluding hydrogens is 386 g/mol. The minimum Gasteiger partial charge on any atom is -0.339 e. The van der Waals surface area contributed by atoms with Crippen LogP contribution in [-0.2, 0) is 6.54 Å². The summed E-state index contributed by atoms with van der Waals surface area (Å²) in [5.41, 5.74) is 2.69. The van der Waals surface area contributed by atoms with E-state index in [4.69, 9.17) is 16.6 Å². The summed E-state index contributed by atoms with van der Waals surface area (Å²) >= 11 is 6.05. The van der Waals surface area contributed by atoms with E-state index in [-0.39, 0.29) is 17.6 Å². The average Bonchev–Trinajstić information content (AvgIpc) is 2.74. The second-order valence-corrected chi connectivity index (χ2v) is 7.77. The van der Waals surface area contributed by atoms with Gasteiger partial charge in [0, 0.05) is 54.7 Å². The van der Waals surface area contributed by atoms with E-state index in [1.807, 2.05) is 43.3 Å². The van der Waals surface area contributed by atoms with Gasteiger partial charge in [0.05, 0.1) is 11.7 Å². The molecule has 3 aromatic rings. The zero-order valence-electron chi connectivity index (χ0n) is 16.5. The predicted octanol–water partition coefficient (Wildman–Crippen LogP) is 3.52. The molecule has 7 heteroatoms. The van der Waals surface area contributed by atoms with E-state index < -0.39 is 0 Å². The molecule has 1 N–H and O–H groups in total. The van der Waals surface area contributed by atoms with Crippen molar-refractivity contribution in [3.8, 4) is 11.3 Å². The quantitative estimate of drug-likeness (QED) is 0.714. The smallest absolute Gasteiger partial charge is 0.255 e. The molecule has 0 spiro atoms. The summed E-state index contributed by atoms with van der Waals surface area (Å²) in [6.07, 6.45) is 3.43. The standard InChI is InChI=1S/C22H24ClN5O/c1-3-28-21(29)12-19(17-8-10-24-11-9-17)26-22(28)27-13-15(2)25-20(14-27)16-4-6-18(23)7-5-16/h4-12,15,20,25H,3,13-14H2,1-2H3. The Labute approximate surface area is 175 Å². The van der Waals surface area contributed by atoms with Crippen molar-refractivity contribution in [1.29, 1.82) is 0 Å². The first kappa shape index (κ1) is 19.6. The molecule has 2 aromatic heterocycles. The second-order valence-electron chi connectivity index (χ2n) is 7.34. The lowest BCUT2D eigenvalue weighted by Gasteiger charge is -2.39. The van der Waals surface area contributed by atoms with Crippen LogP contribution in [0.3, 0.4) is 0 Å². The van der Waals surface area contributed by atoms with Gasteiger partial charge in [-0.15, -0.1) is 0 Å². The summed E-state index contributed by atoms with van der Waals surface area (Å²) in [4.78, 5) is 24.0. The maximum Gasteiger partial charge on any atom is 0.255 e. The zero-order chi connectivity index (χ0) is 20.4. The molecule has 3 heterocycles. The Morgan fingerprint density at radius 1 is 1.14 bits per heavy atom. The van der Waals surface area contributed by atoms with Crippen LogP contribution in [0, 0.1) is 0 Å². The summed E-state index contributed by atoms with van der Waals surface area (Å²) < 4.78 is 1.74. The molecule has 29 heavy (non-hydrogen) atoms. The molecule has 0 amide bonds. The van der Waals surface area contributed by atoms with Gasteiger partial charge in [-0.05, 0) is 43.7 Å². The molecular formula is C22H24ClN5O. The van der Waals surface area contributed by atoms with Gasteiger partial charge in [-0.2, -0.15) is 0 Å². The van der Waals surface area contributed by atoms with Crippen molar-refractivity contribution in [2.24, 2.45) is 0 Å². The molecule has 0 radical (unpaired) electrons. The Bertz CT molecular complexity index is 1040. The fourth-order valence-corrected chi connectivity index (χ4v) is 3.96. The van der Waals surface area contributed by atoms with Crippen LogP contribution in [0.25, 0.3) is 11.3 Å². The van der Waals surface area contributed by atoms with Gasteiger partial charge in [-0.1, -0.05) is 23.7 Å². The van der Waals surface area contributed by atoms with Gasteiger partial charge in [0.1, 0.15) is 0 Å². The number of benzene rings is 1. The Morgan fingerprint density at radius 3 is 2.55 bits per heavy atom. The number of aromatic nitrogens is 3. The lowest BCUT2D eigenvalue weighted by atomic mass is 10.0. The highest BCUT2D eigenvalue weighted by Gasteiger charge is 2.28. The summed E-state index contributed by atoms with van der Waals surface area (Å²) in [5, 5.41) is 4.37. The van der Waals surface area contributed by atoms with Crippen molar-refractivity contribution in [1.82, 2.24) is 19.9 Å². The average molecular weight is 410 g/mol. The van der Waals surface area contributed by atoms with Crippen molar-refractivity contribution in [3.05, 3.63) is 75.8 Å². The van der Waals surface area contributed by atoms with Gasteiger partial charge in [0.15, 0.2) is 0 Å². The number of nitrogens with one attached hydrogen (secondary N) is 1. The molecule has 1 saturated heterocycles. The molecule has 0 bridgehead atoms. The van der Waals surface area contributed by atoms with Crippen LogP contribution < -0.4 is 15.8 Å². The molecule has 1 aliphatic heterocycles. The number of hydrogen-bond donors (Lipinski definition) is 1. The largest absolute Gasteiger partial charge is 0.339 e. The van der Waals surface area contributed by atoms with Crippen molar-refractivity contribution in [2.75, 3.05) is 18.0 Å². The Morgan fingerprint density at radius 2 is 1.86 bits per heavy atom. The fourth-order valence-electron chi connectivity index (χ4n) is 3.84. The molecule has 2 unspecified atom stereocenters. The molecule has 1 aromatic carbocycles. The number of pyridine rings is 1. The second kappa shape index (κ2) is 8.35. The summed E-state index contributed by atoms with van der Waals surface area (Å²) in [6.45, 7) is 6.19. The SMILES string of the molecule is CCn1c(N2CC(C)NC(c3ccc(Cl)cc3)C2)nc(-c2ccncc2)cc1=O. The molecule has 150 valence electrons. The van der Waals surface area contributed by atoms with E-state index in [1.165, 1.54) is 5.56 Å². The van der Waals surface area contributed by atoms with Crippen molar-refractivity contribution in [3.63, 3.8) is 0 Å². The van der Waals surface area contributed by atoms with E-state index in [0.717, 1.165) is 23.7 Å². The van der Waals surface area contributed by atoms with E-state index in [1.54, 1.807) is 23.0 Å². The minimum atomic E-state index is -0.0430. The number of nitrogens with zero attached hydrogens (tertiary/aromatic N) is 4. The zero-order valence-corrected chi connectivity index (χ0v) is 17.3. The van der Waals surface area contributed by atoms with Gasteiger partial charge >= 0.3 is 0 Å². The number of rotatable bonds is 4. The van der Waals surface area contributed by atoms with E-state index in [2.05, 4.69) is 22.1 Å². The molecule has 0 saturated carbocycles. The Hall–Kier alpha value is -2.70. The lowest BCUT2D eigenvalue weighted by Crippen LogP contribution is -2.52. The van der Waals surface area contributed by atoms with Crippen LogP contribution in [0.1, 0.15) is 25.5 Å². The third-order valence-corrected chi connectivity index (χ3v) is 5.47. The molecule has 0 aliphatic carbocycles. The van der Waals surface area contributed by atoms with Crippen LogP contribution in [0.4, 0.5) is 5.95 Å². The normalized spacial score (nSPS) is 19.3. The Balaban J connectivity index is 1.73. The van der Waals surface area contributed by atoms with Crippen LogP contribution in [-0.4, -0.2) is 33.7 Å². The fraction of sp³-hybridized carbons (Fsp3) is 0.318. The maximum absolute atomic E-state index is 12.8. The molecule has 4 rings (SSSR count). The van der Waals surface area contributed by atoms with Crippen molar-refractivity contribution in [2.45, 2.75) is 32.5 Å². The van der Waals surface area contributed by atoms with Crippen LogP contribution in [0.5, 0.6) is 0 Å². The third-order valence-electron chi connectivity index (χ3n) is 5.22. The highest BCUT2D eigenvalue weighted by molar-refractivity contribution is 6.30.